The van der Waals surface area contributed by atoms with Crippen LogP contribution in [-0.2, 0) is 9.59 Å². The van der Waals surface area contributed by atoms with Gasteiger partial charge >= 0.3 is 0 Å². The molecule has 0 aromatic rings. The molecule has 0 N–H and O–H groups in total. The van der Waals surface area contributed by atoms with Crippen LogP contribution in [0.3, 0.4) is 0 Å². The molecule has 0 spiro atoms. The Bertz CT molecular complexity index is 368. The average Bonchev–Trinajstić information content (AvgIpc) is 3.06. The summed E-state index contributed by atoms with van der Waals surface area (Å²) in [6.45, 7) is 14.6. The van der Waals surface area contributed by atoms with E-state index in [0.29, 0.717) is 48.6 Å². The Balaban J connectivity index is 0.000000240. The van der Waals surface area contributed by atoms with E-state index in [1.165, 1.54) is 25.7 Å². The summed E-state index contributed by atoms with van der Waals surface area (Å²) in [4.78, 5) is 27.2. The zero-order valence-electron chi connectivity index (χ0n) is 16.7. The highest BCUT2D eigenvalue weighted by Gasteiger charge is 2.25. The van der Waals surface area contributed by atoms with Crippen molar-refractivity contribution in [3.05, 3.63) is 0 Å². The van der Waals surface area contributed by atoms with E-state index in [-0.39, 0.29) is 0 Å². The van der Waals surface area contributed by atoms with Crippen LogP contribution in [0.4, 0.5) is 0 Å². The van der Waals surface area contributed by atoms with Crippen LogP contribution in [0.25, 0.3) is 0 Å². The molecule has 2 amide bonds. The summed E-state index contributed by atoms with van der Waals surface area (Å²) in [6, 6.07) is 0.965. The number of hydrogen-bond acceptors (Lipinski definition) is 2. The minimum atomic E-state index is 0.343. The third-order valence-electron chi connectivity index (χ3n) is 4.91. The molecule has 2 unspecified atom stereocenters. The van der Waals surface area contributed by atoms with Crippen LogP contribution in [-0.4, -0.2) is 46.8 Å². The standard InChI is InChI=1S/2C10H19NO/c2*1-8(2)7-10(12)11-6-4-5-9(11)3/h2*8-9H,4-7H2,1-3H3. The van der Waals surface area contributed by atoms with Crippen molar-refractivity contribution in [3.63, 3.8) is 0 Å². The van der Waals surface area contributed by atoms with Crippen molar-refractivity contribution in [2.24, 2.45) is 11.8 Å². The van der Waals surface area contributed by atoms with E-state index in [4.69, 9.17) is 0 Å². The Hall–Kier alpha value is -1.06. The summed E-state index contributed by atoms with van der Waals surface area (Å²) in [5, 5.41) is 0. The molecule has 24 heavy (non-hydrogen) atoms. The highest BCUT2D eigenvalue weighted by atomic mass is 16.2. The minimum Gasteiger partial charge on any atom is -0.340 e. The second-order valence-electron chi connectivity index (χ2n) is 8.35. The van der Waals surface area contributed by atoms with Crippen molar-refractivity contribution < 1.29 is 9.59 Å². The van der Waals surface area contributed by atoms with Gasteiger partial charge in [-0.15, -0.1) is 0 Å². The molecule has 2 aliphatic heterocycles. The lowest BCUT2D eigenvalue weighted by Crippen LogP contribution is -2.34. The van der Waals surface area contributed by atoms with Gasteiger partial charge in [0.1, 0.15) is 0 Å². The van der Waals surface area contributed by atoms with Gasteiger partial charge in [0.05, 0.1) is 0 Å². The number of carbonyl (C=O) groups is 2. The van der Waals surface area contributed by atoms with Gasteiger partial charge in [-0.05, 0) is 51.4 Å². The summed E-state index contributed by atoms with van der Waals surface area (Å²) >= 11 is 0. The molecule has 2 heterocycles. The Labute approximate surface area is 149 Å². The van der Waals surface area contributed by atoms with Crippen molar-refractivity contribution in [3.8, 4) is 0 Å². The first-order valence-corrected chi connectivity index (χ1v) is 9.81. The van der Waals surface area contributed by atoms with Crippen molar-refractivity contribution >= 4 is 11.8 Å². The fourth-order valence-electron chi connectivity index (χ4n) is 3.54. The number of hydrogen-bond donors (Lipinski definition) is 0. The smallest absolute Gasteiger partial charge is 0.223 e. The number of likely N-dealkylation sites (tertiary alicyclic amines) is 2. The van der Waals surface area contributed by atoms with Gasteiger partial charge in [0.2, 0.25) is 11.8 Å². The van der Waals surface area contributed by atoms with Crippen molar-refractivity contribution in [1.82, 2.24) is 9.80 Å². The fourth-order valence-corrected chi connectivity index (χ4v) is 3.54. The fraction of sp³-hybridized carbons (Fsp3) is 0.900. The van der Waals surface area contributed by atoms with Crippen LogP contribution in [0.15, 0.2) is 0 Å². The van der Waals surface area contributed by atoms with Crippen LogP contribution >= 0.6 is 0 Å². The summed E-state index contributed by atoms with van der Waals surface area (Å²) in [5.74, 6) is 1.67. The molecule has 2 rings (SSSR count). The largest absolute Gasteiger partial charge is 0.340 e. The third kappa shape index (κ3) is 6.82. The van der Waals surface area contributed by atoms with E-state index < -0.39 is 0 Å². The minimum absolute atomic E-state index is 0.343. The molecular formula is C20H38N2O2. The van der Waals surface area contributed by atoms with Gasteiger partial charge < -0.3 is 9.80 Å². The average molecular weight is 339 g/mol. The van der Waals surface area contributed by atoms with Crippen LogP contribution in [0.1, 0.15) is 80.1 Å². The molecule has 0 aliphatic carbocycles. The Kier molecular flexibility index (Phi) is 8.79. The van der Waals surface area contributed by atoms with Gasteiger partial charge in [0, 0.05) is 38.0 Å². The Morgan fingerprint density at radius 2 is 1.12 bits per heavy atom. The summed E-state index contributed by atoms with van der Waals surface area (Å²) in [7, 11) is 0. The lowest BCUT2D eigenvalue weighted by atomic mass is 10.1. The van der Waals surface area contributed by atoms with Gasteiger partial charge in [-0.2, -0.15) is 0 Å². The molecule has 4 heteroatoms. The van der Waals surface area contributed by atoms with Crippen LogP contribution < -0.4 is 0 Å². The van der Waals surface area contributed by atoms with Gasteiger partial charge in [0.25, 0.3) is 0 Å². The Morgan fingerprint density at radius 1 is 0.792 bits per heavy atom. The molecule has 2 saturated heterocycles. The molecule has 2 fully saturated rings. The van der Waals surface area contributed by atoms with Crippen LogP contribution in [0, 0.1) is 11.8 Å². The summed E-state index contributed by atoms with van der Waals surface area (Å²) < 4.78 is 0. The van der Waals surface area contributed by atoms with E-state index in [2.05, 4.69) is 41.5 Å². The molecule has 0 saturated carbocycles. The van der Waals surface area contributed by atoms with Gasteiger partial charge in [-0.3, -0.25) is 9.59 Å². The zero-order valence-corrected chi connectivity index (χ0v) is 16.7. The monoisotopic (exact) mass is 338 g/mol. The number of nitrogens with zero attached hydrogens (tertiary/aromatic N) is 2. The van der Waals surface area contributed by atoms with E-state index in [1.807, 2.05) is 9.80 Å². The molecular weight excluding hydrogens is 300 g/mol. The number of carbonyl (C=O) groups excluding carboxylic acids is 2. The predicted octanol–water partition coefficient (Wildman–Crippen LogP) is 4.09. The SMILES string of the molecule is CC(C)CC(=O)N1CCCC1C.CC(C)CC(=O)N1CCCC1C. The summed E-state index contributed by atoms with van der Waals surface area (Å²) in [6.07, 6.45) is 6.17. The highest BCUT2D eigenvalue weighted by Crippen LogP contribution is 2.19. The van der Waals surface area contributed by atoms with E-state index in [0.717, 1.165) is 13.1 Å². The highest BCUT2D eigenvalue weighted by molar-refractivity contribution is 5.77. The Morgan fingerprint density at radius 3 is 1.33 bits per heavy atom. The molecule has 0 radical (unpaired) electrons. The topological polar surface area (TPSA) is 40.6 Å². The first kappa shape index (κ1) is 21.0. The van der Waals surface area contributed by atoms with E-state index in [9.17, 15) is 9.59 Å². The van der Waals surface area contributed by atoms with Crippen molar-refractivity contribution in [1.29, 1.82) is 0 Å². The van der Waals surface area contributed by atoms with Crippen molar-refractivity contribution in [2.75, 3.05) is 13.1 Å². The second-order valence-corrected chi connectivity index (χ2v) is 8.35. The van der Waals surface area contributed by atoms with Crippen LogP contribution in [0.5, 0.6) is 0 Å². The van der Waals surface area contributed by atoms with E-state index >= 15 is 0 Å². The zero-order chi connectivity index (χ0) is 18.3. The van der Waals surface area contributed by atoms with Crippen molar-refractivity contribution in [2.45, 2.75) is 92.2 Å². The number of rotatable bonds is 4. The lowest BCUT2D eigenvalue weighted by molar-refractivity contribution is -0.133. The lowest BCUT2D eigenvalue weighted by Gasteiger charge is -2.22. The maximum absolute atomic E-state index is 11.6. The first-order valence-electron chi connectivity index (χ1n) is 9.81. The van der Waals surface area contributed by atoms with E-state index in [1.54, 1.807) is 0 Å². The van der Waals surface area contributed by atoms with Gasteiger partial charge in [0.15, 0.2) is 0 Å². The molecule has 2 aliphatic rings. The van der Waals surface area contributed by atoms with Gasteiger partial charge in [-0.25, -0.2) is 0 Å². The number of amides is 2. The maximum Gasteiger partial charge on any atom is 0.223 e. The predicted molar refractivity (Wildman–Crippen MR) is 99.7 cm³/mol. The molecule has 2 atom stereocenters. The van der Waals surface area contributed by atoms with Gasteiger partial charge in [-0.1, -0.05) is 27.7 Å². The quantitative estimate of drug-likeness (QED) is 0.775. The molecule has 140 valence electrons. The molecule has 0 aromatic heterocycles. The third-order valence-corrected chi connectivity index (χ3v) is 4.91. The first-order chi connectivity index (χ1) is 11.2. The second kappa shape index (κ2) is 10.0. The molecule has 0 aromatic carbocycles. The summed E-state index contributed by atoms with van der Waals surface area (Å²) in [5.41, 5.74) is 0. The molecule has 0 bridgehead atoms. The molecule has 4 nitrogen and oxygen atoms in total. The maximum atomic E-state index is 11.6. The van der Waals surface area contributed by atoms with Crippen LogP contribution in [0.2, 0.25) is 0 Å². The normalized spacial score (nSPS) is 23.7.